The lowest BCUT2D eigenvalue weighted by molar-refractivity contribution is -0.140. The summed E-state index contributed by atoms with van der Waals surface area (Å²) in [4.78, 5) is 27.5. The number of carbonyl (C=O) groups excluding carboxylic acids is 2. The fourth-order valence-corrected chi connectivity index (χ4v) is 4.55. The molecule has 0 aliphatic carbocycles. The number of methoxy groups -OCH3 is 1. The highest BCUT2D eigenvalue weighted by Crippen LogP contribution is 2.36. The van der Waals surface area contributed by atoms with Crippen LogP contribution in [-0.2, 0) is 26.2 Å². The van der Waals surface area contributed by atoms with Crippen molar-refractivity contribution < 1.29 is 32.2 Å². The molecule has 2 aromatic carbocycles. The summed E-state index contributed by atoms with van der Waals surface area (Å²) in [6.07, 6.45) is 1.37. The molecule has 184 valence electrons. The van der Waals surface area contributed by atoms with Gasteiger partial charge in [-0.25, -0.2) is 8.42 Å². The number of hydrogen-bond acceptors (Lipinski definition) is 7. The van der Waals surface area contributed by atoms with Crippen molar-refractivity contribution in [3.05, 3.63) is 48.0 Å². The van der Waals surface area contributed by atoms with E-state index in [4.69, 9.17) is 14.2 Å². The normalized spacial score (nSPS) is 13.2. The van der Waals surface area contributed by atoms with Crippen LogP contribution in [0.1, 0.15) is 18.9 Å². The van der Waals surface area contributed by atoms with E-state index in [1.807, 2.05) is 6.07 Å². The number of amides is 2. The monoisotopic (exact) mass is 491 g/mol. The number of ether oxygens (including phenoxy) is 3. The summed E-state index contributed by atoms with van der Waals surface area (Å²) in [5.41, 5.74) is 0.999. The van der Waals surface area contributed by atoms with Gasteiger partial charge in [0.2, 0.25) is 28.6 Å². The summed E-state index contributed by atoms with van der Waals surface area (Å²) in [6.45, 7) is 1.43. The van der Waals surface area contributed by atoms with Crippen LogP contribution < -0.4 is 23.8 Å². The van der Waals surface area contributed by atoms with Crippen LogP contribution in [0.5, 0.6) is 17.2 Å². The Bertz CT molecular complexity index is 1150. The van der Waals surface area contributed by atoms with Crippen molar-refractivity contribution in [2.45, 2.75) is 25.9 Å². The molecule has 1 atom stereocenters. The van der Waals surface area contributed by atoms with E-state index < -0.39 is 28.5 Å². The van der Waals surface area contributed by atoms with Crippen molar-refractivity contribution in [3.63, 3.8) is 0 Å². The van der Waals surface area contributed by atoms with E-state index in [-0.39, 0.29) is 24.9 Å². The number of anilines is 1. The van der Waals surface area contributed by atoms with Crippen molar-refractivity contribution in [2.24, 2.45) is 0 Å². The van der Waals surface area contributed by atoms with Crippen LogP contribution in [0.3, 0.4) is 0 Å². The molecule has 1 aliphatic rings. The lowest BCUT2D eigenvalue weighted by Gasteiger charge is -2.32. The van der Waals surface area contributed by atoms with Crippen LogP contribution in [0.4, 0.5) is 5.69 Å². The Balaban J connectivity index is 1.95. The first-order valence-corrected chi connectivity index (χ1v) is 12.5. The van der Waals surface area contributed by atoms with Gasteiger partial charge in [0.05, 0.1) is 19.1 Å². The predicted molar refractivity (Wildman–Crippen MR) is 126 cm³/mol. The second-order valence-electron chi connectivity index (χ2n) is 7.72. The van der Waals surface area contributed by atoms with Gasteiger partial charge in [0.25, 0.3) is 0 Å². The first kappa shape index (κ1) is 25.2. The van der Waals surface area contributed by atoms with Crippen LogP contribution >= 0.6 is 0 Å². The lowest BCUT2D eigenvalue weighted by atomic mass is 10.1. The second-order valence-corrected chi connectivity index (χ2v) is 9.63. The fraction of sp³-hybridized carbons (Fsp3) is 0.391. The van der Waals surface area contributed by atoms with Crippen LogP contribution in [-0.4, -0.2) is 64.9 Å². The number of likely N-dealkylation sites (N-methyl/N-ethyl adjacent to an activating group) is 1. The van der Waals surface area contributed by atoms with Crippen LogP contribution in [0, 0.1) is 0 Å². The Morgan fingerprint density at radius 3 is 2.53 bits per heavy atom. The van der Waals surface area contributed by atoms with Crippen molar-refractivity contribution in [2.75, 3.05) is 38.1 Å². The smallest absolute Gasteiger partial charge is 0.244 e. The Morgan fingerprint density at radius 1 is 1.15 bits per heavy atom. The molecule has 0 spiro atoms. The van der Waals surface area contributed by atoms with E-state index in [2.05, 4.69) is 5.32 Å². The Morgan fingerprint density at radius 2 is 1.88 bits per heavy atom. The van der Waals surface area contributed by atoms with Crippen molar-refractivity contribution in [1.82, 2.24) is 10.2 Å². The Kier molecular flexibility index (Phi) is 7.87. The quantitative estimate of drug-likeness (QED) is 0.538. The Hall–Kier alpha value is -3.47. The Labute approximate surface area is 199 Å². The average molecular weight is 492 g/mol. The zero-order chi connectivity index (χ0) is 24.9. The SMILES string of the molecule is CC[C@H](C(=O)NC)N(Cc1cccc(OC)c1)C(=O)CN(c1ccc2c(c1)OCO2)S(C)(=O)=O. The molecule has 0 bridgehead atoms. The minimum Gasteiger partial charge on any atom is -0.497 e. The fourth-order valence-electron chi connectivity index (χ4n) is 3.71. The minimum absolute atomic E-state index is 0.0369. The molecule has 0 aromatic heterocycles. The number of carbonyl (C=O) groups is 2. The standard InChI is InChI=1S/C23H29N3O7S/c1-5-19(23(28)24-2)25(13-16-7-6-8-18(11-16)31-3)22(27)14-26(34(4,29)30)17-9-10-20-21(12-17)33-15-32-20/h6-12,19H,5,13-15H2,1-4H3,(H,24,28)/t19-/m1/s1. The first-order chi connectivity index (χ1) is 16.2. The highest BCUT2D eigenvalue weighted by atomic mass is 32.2. The number of fused-ring (bicyclic) bond motifs is 1. The maximum absolute atomic E-state index is 13.5. The summed E-state index contributed by atoms with van der Waals surface area (Å²) in [5, 5.41) is 2.58. The van der Waals surface area contributed by atoms with Gasteiger partial charge in [-0.2, -0.15) is 0 Å². The molecule has 0 fully saturated rings. The number of nitrogens with one attached hydrogen (secondary N) is 1. The molecule has 1 heterocycles. The topological polar surface area (TPSA) is 114 Å². The zero-order valence-electron chi connectivity index (χ0n) is 19.6. The van der Waals surface area contributed by atoms with Gasteiger partial charge in [-0.3, -0.25) is 13.9 Å². The minimum atomic E-state index is -3.84. The van der Waals surface area contributed by atoms with Gasteiger partial charge in [-0.05, 0) is 36.2 Å². The van der Waals surface area contributed by atoms with Gasteiger partial charge < -0.3 is 24.4 Å². The molecule has 3 rings (SSSR count). The molecule has 0 unspecified atom stereocenters. The highest BCUT2D eigenvalue weighted by Gasteiger charge is 2.32. The van der Waals surface area contributed by atoms with E-state index in [0.29, 0.717) is 23.7 Å². The molecular formula is C23H29N3O7S. The molecule has 34 heavy (non-hydrogen) atoms. The summed E-state index contributed by atoms with van der Waals surface area (Å²) in [6, 6.07) is 11.0. The number of nitrogens with zero attached hydrogens (tertiary/aromatic N) is 2. The molecule has 10 nitrogen and oxygen atoms in total. The molecular weight excluding hydrogens is 462 g/mol. The van der Waals surface area contributed by atoms with Gasteiger partial charge in [0.1, 0.15) is 18.3 Å². The third-order valence-electron chi connectivity index (χ3n) is 5.44. The van der Waals surface area contributed by atoms with Gasteiger partial charge in [0.15, 0.2) is 11.5 Å². The van der Waals surface area contributed by atoms with Crippen molar-refractivity contribution in [1.29, 1.82) is 0 Å². The predicted octanol–water partition coefficient (Wildman–Crippen LogP) is 1.74. The maximum atomic E-state index is 13.5. The van der Waals surface area contributed by atoms with Gasteiger partial charge in [-0.1, -0.05) is 19.1 Å². The molecule has 11 heteroatoms. The largest absolute Gasteiger partial charge is 0.497 e. The van der Waals surface area contributed by atoms with E-state index in [1.54, 1.807) is 37.3 Å². The zero-order valence-corrected chi connectivity index (χ0v) is 20.4. The first-order valence-electron chi connectivity index (χ1n) is 10.7. The van der Waals surface area contributed by atoms with E-state index in [9.17, 15) is 18.0 Å². The van der Waals surface area contributed by atoms with E-state index in [0.717, 1.165) is 16.1 Å². The summed E-state index contributed by atoms with van der Waals surface area (Å²) >= 11 is 0. The summed E-state index contributed by atoms with van der Waals surface area (Å²) in [7, 11) is -0.804. The maximum Gasteiger partial charge on any atom is 0.244 e. The number of benzene rings is 2. The molecule has 0 saturated carbocycles. The lowest BCUT2D eigenvalue weighted by Crippen LogP contribution is -2.51. The highest BCUT2D eigenvalue weighted by molar-refractivity contribution is 7.92. The van der Waals surface area contributed by atoms with Gasteiger partial charge in [-0.15, -0.1) is 0 Å². The van der Waals surface area contributed by atoms with Crippen LogP contribution in [0.2, 0.25) is 0 Å². The number of rotatable bonds is 10. The molecule has 1 N–H and O–H groups in total. The third kappa shape index (κ3) is 5.71. The summed E-state index contributed by atoms with van der Waals surface area (Å²) < 4.78 is 42.2. The molecule has 0 radical (unpaired) electrons. The van der Waals surface area contributed by atoms with Crippen LogP contribution in [0.25, 0.3) is 0 Å². The molecule has 1 aliphatic heterocycles. The van der Waals surface area contributed by atoms with E-state index in [1.165, 1.54) is 25.1 Å². The van der Waals surface area contributed by atoms with Crippen molar-refractivity contribution >= 4 is 27.5 Å². The third-order valence-corrected chi connectivity index (χ3v) is 6.58. The van der Waals surface area contributed by atoms with Crippen molar-refractivity contribution in [3.8, 4) is 17.2 Å². The number of sulfonamides is 1. The van der Waals surface area contributed by atoms with Gasteiger partial charge in [0, 0.05) is 19.7 Å². The molecule has 2 amide bonds. The van der Waals surface area contributed by atoms with E-state index >= 15 is 0 Å². The molecule has 2 aromatic rings. The number of hydrogen-bond donors (Lipinski definition) is 1. The van der Waals surface area contributed by atoms with Crippen LogP contribution in [0.15, 0.2) is 42.5 Å². The molecule has 0 saturated heterocycles. The van der Waals surface area contributed by atoms with Gasteiger partial charge >= 0.3 is 0 Å². The average Bonchev–Trinajstić information content (AvgIpc) is 3.29. The second kappa shape index (κ2) is 10.6. The summed E-state index contributed by atoms with van der Waals surface area (Å²) in [5.74, 6) is 0.627.